The number of nitrogens with zero attached hydrogens (tertiary/aromatic N) is 3. The van der Waals surface area contributed by atoms with Crippen molar-refractivity contribution in [3.8, 4) is 16.6 Å². The second kappa shape index (κ2) is 10.8. The van der Waals surface area contributed by atoms with Gasteiger partial charge >= 0.3 is 6.03 Å². The number of urea groups is 1. The average Bonchev–Trinajstić information content (AvgIpc) is 3.25. The summed E-state index contributed by atoms with van der Waals surface area (Å²) in [6.45, 7) is 3.83. The Bertz CT molecular complexity index is 1140. The van der Waals surface area contributed by atoms with Gasteiger partial charge in [-0.1, -0.05) is 65.7 Å². The van der Waals surface area contributed by atoms with E-state index in [0.29, 0.717) is 27.8 Å². The van der Waals surface area contributed by atoms with Gasteiger partial charge in [-0.3, -0.25) is 10.1 Å². The summed E-state index contributed by atoms with van der Waals surface area (Å²) in [6, 6.07) is 14.9. The fourth-order valence-electron chi connectivity index (χ4n) is 2.84. The summed E-state index contributed by atoms with van der Waals surface area (Å²) in [5, 5.41) is 26.4. The van der Waals surface area contributed by atoms with Gasteiger partial charge in [0.25, 0.3) is 0 Å². The Balaban J connectivity index is 1.67. The molecule has 0 radical (unpaired) electrons. The minimum Gasteiger partial charge on any atom is -0.326 e. The minimum absolute atomic E-state index is 0.120. The molecule has 0 saturated heterocycles. The molecule has 0 unspecified atom stereocenters. The van der Waals surface area contributed by atoms with Crippen LogP contribution in [-0.2, 0) is 4.79 Å². The molecule has 0 fully saturated rings. The lowest BCUT2D eigenvalue weighted by atomic mass is 9.98. The van der Waals surface area contributed by atoms with Crippen molar-refractivity contribution in [1.29, 1.82) is 5.26 Å². The number of halogens is 1. The maximum Gasteiger partial charge on any atom is 0.319 e. The zero-order chi connectivity index (χ0) is 23.1. The Labute approximate surface area is 198 Å². The molecule has 3 rings (SSSR count). The number of hydrogen-bond acceptors (Lipinski definition) is 6. The number of carbonyl (C=O) groups excluding carboxylic acids is 2. The summed E-state index contributed by atoms with van der Waals surface area (Å²) in [6.07, 6.45) is 0.683. The molecule has 1 heterocycles. The number of nitriles is 1. The van der Waals surface area contributed by atoms with Crippen LogP contribution in [0.15, 0.2) is 53.0 Å². The Kier molecular flexibility index (Phi) is 7.92. The first-order valence-electron chi connectivity index (χ1n) is 9.87. The number of carbonyl (C=O) groups is 2. The molecule has 0 aliphatic heterocycles. The summed E-state index contributed by atoms with van der Waals surface area (Å²) in [4.78, 5) is 25.4. The van der Waals surface area contributed by atoms with Gasteiger partial charge in [0.15, 0.2) is 0 Å². The van der Waals surface area contributed by atoms with E-state index >= 15 is 0 Å². The second-order valence-corrected chi connectivity index (χ2v) is 8.96. The lowest BCUT2D eigenvalue weighted by Crippen LogP contribution is -2.49. The van der Waals surface area contributed by atoms with E-state index in [-0.39, 0.29) is 11.8 Å². The smallest absolute Gasteiger partial charge is 0.319 e. The summed E-state index contributed by atoms with van der Waals surface area (Å²) in [5.41, 5.74) is 1.78. The third-order valence-corrected chi connectivity index (χ3v) is 6.19. The molecule has 0 aliphatic rings. The van der Waals surface area contributed by atoms with Gasteiger partial charge in [-0.15, -0.1) is 10.2 Å². The molecule has 0 saturated carbocycles. The number of aromatic nitrogens is 2. The number of hydrogen-bond donors (Lipinski definition) is 3. The summed E-state index contributed by atoms with van der Waals surface area (Å²) < 4.78 is 0.958. The molecule has 0 aliphatic carbocycles. The quantitative estimate of drug-likeness (QED) is 0.410. The highest BCUT2D eigenvalue weighted by atomic mass is 79.9. The van der Waals surface area contributed by atoms with E-state index < -0.39 is 12.1 Å². The molecular weight excluding hydrogens is 492 g/mol. The number of benzene rings is 2. The SMILES string of the molecule is CC[C@@H](C)[C@H](NC(=O)Nc1cccc(C#N)c1)C(=O)Nc1nnc(-c2ccc(Br)cc2)s1. The molecule has 164 valence electrons. The van der Waals surface area contributed by atoms with Crippen LogP contribution in [-0.4, -0.2) is 28.2 Å². The van der Waals surface area contributed by atoms with Crippen molar-refractivity contribution >= 4 is 50.0 Å². The fourth-order valence-corrected chi connectivity index (χ4v) is 3.86. The predicted molar refractivity (Wildman–Crippen MR) is 128 cm³/mol. The van der Waals surface area contributed by atoms with Crippen molar-refractivity contribution in [2.75, 3.05) is 10.6 Å². The molecule has 10 heteroatoms. The van der Waals surface area contributed by atoms with Gasteiger partial charge in [0.1, 0.15) is 11.0 Å². The first-order valence-corrected chi connectivity index (χ1v) is 11.5. The monoisotopic (exact) mass is 512 g/mol. The summed E-state index contributed by atoms with van der Waals surface area (Å²) in [7, 11) is 0. The van der Waals surface area contributed by atoms with Crippen LogP contribution >= 0.6 is 27.3 Å². The van der Waals surface area contributed by atoms with E-state index in [2.05, 4.69) is 42.1 Å². The Hall–Kier alpha value is -3.29. The molecule has 1 aromatic heterocycles. The highest BCUT2D eigenvalue weighted by Gasteiger charge is 2.27. The molecule has 32 heavy (non-hydrogen) atoms. The van der Waals surface area contributed by atoms with Crippen molar-refractivity contribution in [1.82, 2.24) is 15.5 Å². The van der Waals surface area contributed by atoms with E-state index in [1.165, 1.54) is 11.3 Å². The molecule has 2 atom stereocenters. The average molecular weight is 513 g/mol. The van der Waals surface area contributed by atoms with Crippen molar-refractivity contribution in [3.63, 3.8) is 0 Å². The number of rotatable bonds is 7. The van der Waals surface area contributed by atoms with Crippen LogP contribution < -0.4 is 16.0 Å². The van der Waals surface area contributed by atoms with Crippen LogP contribution in [0.25, 0.3) is 10.6 Å². The molecule has 3 amide bonds. The minimum atomic E-state index is -0.779. The highest BCUT2D eigenvalue weighted by molar-refractivity contribution is 9.10. The third kappa shape index (κ3) is 6.12. The number of anilines is 2. The van der Waals surface area contributed by atoms with Gasteiger partial charge in [-0.2, -0.15) is 5.26 Å². The molecule has 3 aromatic rings. The lowest BCUT2D eigenvalue weighted by Gasteiger charge is -2.23. The van der Waals surface area contributed by atoms with Gasteiger partial charge in [0, 0.05) is 15.7 Å². The summed E-state index contributed by atoms with van der Waals surface area (Å²) in [5.74, 6) is -0.496. The van der Waals surface area contributed by atoms with Gasteiger partial charge in [0.2, 0.25) is 11.0 Å². The van der Waals surface area contributed by atoms with Crippen molar-refractivity contribution in [2.45, 2.75) is 26.3 Å². The van der Waals surface area contributed by atoms with Gasteiger partial charge in [-0.05, 0) is 36.2 Å². The van der Waals surface area contributed by atoms with Crippen LogP contribution in [0.2, 0.25) is 0 Å². The zero-order valence-electron chi connectivity index (χ0n) is 17.4. The number of nitrogens with one attached hydrogen (secondary N) is 3. The van der Waals surface area contributed by atoms with Crippen LogP contribution in [0.3, 0.4) is 0 Å². The molecular formula is C22H21BrN6O2S. The van der Waals surface area contributed by atoms with Gasteiger partial charge in [0.05, 0.1) is 11.6 Å². The fraction of sp³-hybridized carbons (Fsp3) is 0.227. The Morgan fingerprint density at radius 3 is 2.59 bits per heavy atom. The molecule has 3 N–H and O–H groups in total. The van der Waals surface area contributed by atoms with E-state index in [4.69, 9.17) is 5.26 Å². The predicted octanol–water partition coefficient (Wildman–Crippen LogP) is 5.01. The molecule has 0 spiro atoms. The first kappa shape index (κ1) is 23.4. The van der Waals surface area contributed by atoms with Crippen LogP contribution in [0, 0.1) is 17.2 Å². The second-order valence-electron chi connectivity index (χ2n) is 7.06. The van der Waals surface area contributed by atoms with Crippen molar-refractivity contribution in [2.24, 2.45) is 5.92 Å². The lowest BCUT2D eigenvalue weighted by molar-refractivity contribution is -0.119. The first-order chi connectivity index (χ1) is 15.4. The largest absolute Gasteiger partial charge is 0.326 e. The molecule has 0 bridgehead atoms. The maximum atomic E-state index is 12.9. The summed E-state index contributed by atoms with van der Waals surface area (Å²) >= 11 is 4.65. The topological polar surface area (TPSA) is 120 Å². The van der Waals surface area contributed by atoms with Crippen molar-refractivity contribution in [3.05, 3.63) is 58.6 Å². The molecule has 2 aromatic carbocycles. The standard InChI is InChI=1S/C22H21BrN6O2S/c1-3-13(2)18(26-21(31)25-17-6-4-5-14(11-17)12-24)19(30)27-22-29-28-20(32-22)15-7-9-16(23)10-8-15/h4-11,13,18H,3H2,1-2H3,(H2,25,26,31)(H,27,29,30)/t13-,18+/m1/s1. The van der Waals surface area contributed by atoms with E-state index in [9.17, 15) is 9.59 Å². The van der Waals surface area contributed by atoms with Crippen LogP contribution in [0.5, 0.6) is 0 Å². The van der Waals surface area contributed by atoms with Crippen LogP contribution in [0.4, 0.5) is 15.6 Å². The third-order valence-electron chi connectivity index (χ3n) is 4.78. The van der Waals surface area contributed by atoms with E-state index in [1.807, 2.05) is 44.2 Å². The van der Waals surface area contributed by atoms with E-state index in [0.717, 1.165) is 10.0 Å². The number of amides is 3. The van der Waals surface area contributed by atoms with Crippen molar-refractivity contribution < 1.29 is 9.59 Å². The van der Waals surface area contributed by atoms with E-state index in [1.54, 1.807) is 24.3 Å². The highest BCUT2D eigenvalue weighted by Crippen LogP contribution is 2.27. The van der Waals surface area contributed by atoms with Crippen LogP contribution in [0.1, 0.15) is 25.8 Å². The Morgan fingerprint density at radius 2 is 1.91 bits per heavy atom. The van der Waals surface area contributed by atoms with Gasteiger partial charge < -0.3 is 10.6 Å². The molecule has 8 nitrogen and oxygen atoms in total. The maximum absolute atomic E-state index is 12.9. The van der Waals surface area contributed by atoms with Gasteiger partial charge in [-0.25, -0.2) is 4.79 Å². The zero-order valence-corrected chi connectivity index (χ0v) is 19.8. The Morgan fingerprint density at radius 1 is 1.16 bits per heavy atom. The normalized spacial score (nSPS) is 12.3.